The second-order valence-electron chi connectivity index (χ2n) is 10.8. The van der Waals surface area contributed by atoms with E-state index in [9.17, 15) is 28.5 Å². The first-order chi connectivity index (χ1) is 16.8. The molecule has 2 aliphatic rings. The van der Waals surface area contributed by atoms with E-state index in [0.717, 1.165) is 19.3 Å². The highest BCUT2D eigenvalue weighted by Crippen LogP contribution is 2.38. The molecule has 2 N–H and O–H groups in total. The van der Waals surface area contributed by atoms with Gasteiger partial charge in [0.1, 0.15) is 5.60 Å². The van der Waals surface area contributed by atoms with Gasteiger partial charge in [-0.15, -0.1) is 0 Å². The number of amides is 2. The standard InChI is InChI=1S/C25H36F2N4O5/c1-24(2,3)36-23(33)30-14-11-25(26,27)18(16-30)6-4-5-17-9-12-29(13-10-17)21-15-19(31(34)35)7-8-20(21)22(28)32/h7-8,15,17-18H,4-6,9-14,16H2,1-3H3,(H2,28,32). The first kappa shape index (κ1) is 27.6. The molecular formula is C25H36F2N4O5. The number of hydrogen-bond acceptors (Lipinski definition) is 6. The van der Waals surface area contributed by atoms with Gasteiger partial charge in [-0.1, -0.05) is 12.8 Å². The van der Waals surface area contributed by atoms with E-state index in [1.807, 2.05) is 4.90 Å². The molecule has 0 saturated carbocycles. The summed E-state index contributed by atoms with van der Waals surface area (Å²) in [5, 5.41) is 11.2. The molecule has 9 nitrogen and oxygen atoms in total. The number of nitro benzene ring substituents is 1. The SMILES string of the molecule is CC(C)(C)OC(=O)N1CCC(F)(F)C(CCCC2CCN(c3cc([N+](=O)[O-])ccc3C(N)=O)CC2)C1. The Kier molecular flexibility index (Phi) is 8.40. The van der Waals surface area contributed by atoms with Gasteiger partial charge in [0.15, 0.2) is 0 Å². The van der Waals surface area contributed by atoms with Gasteiger partial charge in [0.25, 0.3) is 17.5 Å². The van der Waals surface area contributed by atoms with Crippen molar-refractivity contribution in [2.45, 2.75) is 70.8 Å². The monoisotopic (exact) mass is 510 g/mol. The van der Waals surface area contributed by atoms with Crippen molar-refractivity contribution in [3.05, 3.63) is 33.9 Å². The summed E-state index contributed by atoms with van der Waals surface area (Å²) < 4.78 is 34.5. The van der Waals surface area contributed by atoms with Crippen molar-refractivity contribution in [2.75, 3.05) is 31.1 Å². The largest absolute Gasteiger partial charge is 0.444 e. The van der Waals surface area contributed by atoms with E-state index in [2.05, 4.69) is 0 Å². The maximum absolute atomic E-state index is 14.6. The molecule has 1 atom stereocenters. The van der Waals surface area contributed by atoms with Gasteiger partial charge in [-0.3, -0.25) is 14.9 Å². The number of rotatable bonds is 7. The first-order valence-electron chi connectivity index (χ1n) is 12.5. The highest BCUT2D eigenvalue weighted by molar-refractivity contribution is 5.99. The van der Waals surface area contributed by atoms with Crippen molar-refractivity contribution in [1.29, 1.82) is 0 Å². The maximum atomic E-state index is 14.6. The van der Waals surface area contributed by atoms with E-state index in [1.165, 1.54) is 23.1 Å². The molecule has 36 heavy (non-hydrogen) atoms. The van der Waals surface area contributed by atoms with Gasteiger partial charge < -0.3 is 20.3 Å². The van der Waals surface area contributed by atoms with Crippen molar-refractivity contribution in [2.24, 2.45) is 17.6 Å². The number of likely N-dealkylation sites (tertiary alicyclic amines) is 1. The molecule has 1 aromatic rings. The van der Waals surface area contributed by atoms with Crippen LogP contribution in [0.2, 0.25) is 0 Å². The Hall–Kier alpha value is -2.98. The number of hydrogen-bond donors (Lipinski definition) is 1. The number of ether oxygens (including phenoxy) is 1. The molecule has 0 radical (unpaired) electrons. The molecule has 0 aromatic heterocycles. The summed E-state index contributed by atoms with van der Waals surface area (Å²) in [5.41, 5.74) is 5.38. The van der Waals surface area contributed by atoms with Gasteiger partial charge in [0.05, 0.1) is 16.2 Å². The second-order valence-corrected chi connectivity index (χ2v) is 10.8. The van der Waals surface area contributed by atoms with Crippen molar-refractivity contribution in [3.8, 4) is 0 Å². The zero-order valence-electron chi connectivity index (χ0n) is 21.2. The number of nitro groups is 1. The van der Waals surface area contributed by atoms with E-state index in [-0.39, 0.29) is 30.8 Å². The highest BCUT2D eigenvalue weighted by atomic mass is 19.3. The van der Waals surface area contributed by atoms with Crippen LogP contribution in [0, 0.1) is 22.0 Å². The van der Waals surface area contributed by atoms with Crippen LogP contribution in [0.4, 0.5) is 25.0 Å². The Bertz CT molecular complexity index is 974. The summed E-state index contributed by atoms with van der Waals surface area (Å²) in [4.78, 5) is 38.2. The predicted molar refractivity (Wildman–Crippen MR) is 131 cm³/mol. The van der Waals surface area contributed by atoms with Crippen LogP contribution in [0.15, 0.2) is 18.2 Å². The van der Waals surface area contributed by atoms with Gasteiger partial charge in [-0.05, 0) is 52.0 Å². The average Bonchev–Trinajstić information content (AvgIpc) is 2.78. The van der Waals surface area contributed by atoms with Crippen molar-refractivity contribution in [3.63, 3.8) is 0 Å². The Morgan fingerprint density at radius 3 is 2.44 bits per heavy atom. The van der Waals surface area contributed by atoms with E-state index in [4.69, 9.17) is 10.5 Å². The number of non-ortho nitro benzene ring substituents is 1. The van der Waals surface area contributed by atoms with E-state index < -0.39 is 34.4 Å². The lowest BCUT2D eigenvalue weighted by Crippen LogP contribution is -2.50. The van der Waals surface area contributed by atoms with Gasteiger partial charge in [0, 0.05) is 50.7 Å². The van der Waals surface area contributed by atoms with Crippen molar-refractivity contribution < 1.29 is 28.0 Å². The maximum Gasteiger partial charge on any atom is 0.410 e. The van der Waals surface area contributed by atoms with Crippen LogP contribution >= 0.6 is 0 Å². The Morgan fingerprint density at radius 2 is 1.86 bits per heavy atom. The van der Waals surface area contributed by atoms with Crippen LogP contribution < -0.4 is 10.6 Å². The fraction of sp³-hybridized carbons (Fsp3) is 0.680. The molecular weight excluding hydrogens is 474 g/mol. The van der Waals surface area contributed by atoms with E-state index in [1.54, 1.807) is 20.8 Å². The zero-order chi connectivity index (χ0) is 26.7. The molecule has 1 aromatic carbocycles. The minimum absolute atomic E-state index is 0.0109. The number of carbonyl (C=O) groups is 2. The van der Waals surface area contributed by atoms with Crippen LogP contribution in [0.25, 0.3) is 0 Å². The number of alkyl halides is 2. The molecule has 2 saturated heterocycles. The molecule has 0 aliphatic carbocycles. The highest BCUT2D eigenvalue weighted by Gasteiger charge is 2.45. The van der Waals surface area contributed by atoms with Crippen LogP contribution in [-0.2, 0) is 4.74 Å². The molecule has 2 aliphatic heterocycles. The number of halogens is 2. The molecule has 3 rings (SSSR count). The summed E-state index contributed by atoms with van der Waals surface area (Å²) in [6.07, 6.45) is 2.38. The predicted octanol–water partition coefficient (Wildman–Crippen LogP) is 4.97. The average molecular weight is 511 g/mol. The van der Waals surface area contributed by atoms with Crippen LogP contribution in [0.5, 0.6) is 0 Å². The first-order valence-corrected chi connectivity index (χ1v) is 12.5. The fourth-order valence-electron chi connectivity index (χ4n) is 4.99. The summed E-state index contributed by atoms with van der Waals surface area (Å²) in [6, 6.07) is 4.02. The van der Waals surface area contributed by atoms with Crippen molar-refractivity contribution in [1.82, 2.24) is 4.90 Å². The van der Waals surface area contributed by atoms with Gasteiger partial charge in [-0.2, -0.15) is 0 Å². The summed E-state index contributed by atoms with van der Waals surface area (Å²) in [5.74, 6) is -4.02. The lowest BCUT2D eigenvalue weighted by molar-refractivity contribution is -0.384. The number of nitrogens with zero attached hydrogens (tertiary/aromatic N) is 3. The van der Waals surface area contributed by atoms with E-state index >= 15 is 0 Å². The molecule has 2 fully saturated rings. The molecule has 2 heterocycles. The third-order valence-corrected chi connectivity index (χ3v) is 6.98. The van der Waals surface area contributed by atoms with Gasteiger partial charge in [0.2, 0.25) is 0 Å². The fourth-order valence-corrected chi connectivity index (χ4v) is 4.99. The quantitative estimate of drug-likeness (QED) is 0.408. The smallest absolute Gasteiger partial charge is 0.410 e. The third kappa shape index (κ3) is 7.04. The van der Waals surface area contributed by atoms with Crippen LogP contribution in [-0.4, -0.2) is 59.5 Å². The molecule has 11 heteroatoms. The number of benzene rings is 1. The molecule has 200 valence electrons. The molecule has 0 spiro atoms. The van der Waals surface area contributed by atoms with Crippen LogP contribution in [0.3, 0.4) is 0 Å². The number of nitrogens with two attached hydrogens (primary N) is 1. The Balaban J connectivity index is 1.52. The van der Waals surface area contributed by atoms with Crippen molar-refractivity contribution >= 4 is 23.4 Å². The Morgan fingerprint density at radius 1 is 1.19 bits per heavy atom. The molecule has 0 bridgehead atoms. The zero-order valence-corrected chi connectivity index (χ0v) is 21.2. The van der Waals surface area contributed by atoms with Gasteiger partial charge in [-0.25, -0.2) is 13.6 Å². The van der Waals surface area contributed by atoms with E-state index in [0.29, 0.717) is 37.5 Å². The number of primary amides is 1. The summed E-state index contributed by atoms with van der Waals surface area (Å²) in [6.45, 7) is 6.42. The van der Waals surface area contributed by atoms with Gasteiger partial charge >= 0.3 is 6.09 Å². The number of anilines is 1. The summed E-state index contributed by atoms with van der Waals surface area (Å²) in [7, 11) is 0. The minimum atomic E-state index is -2.81. The topological polar surface area (TPSA) is 119 Å². The molecule has 1 unspecified atom stereocenters. The molecule has 2 amide bonds. The third-order valence-electron chi connectivity index (χ3n) is 6.98. The van der Waals surface area contributed by atoms with Crippen LogP contribution in [0.1, 0.15) is 69.7 Å². The number of piperidine rings is 2. The second kappa shape index (κ2) is 11.0. The minimum Gasteiger partial charge on any atom is -0.444 e. The lowest BCUT2D eigenvalue weighted by Gasteiger charge is -2.39. The Labute approximate surface area is 210 Å². The number of carbonyl (C=O) groups excluding carboxylic acids is 2. The normalized spacial score (nSPS) is 20.8. The lowest BCUT2D eigenvalue weighted by atomic mass is 9.85. The summed E-state index contributed by atoms with van der Waals surface area (Å²) >= 11 is 0.